The molecule has 0 saturated heterocycles. The van der Waals surface area contributed by atoms with Crippen LogP contribution in [0.2, 0.25) is 0 Å². The highest BCUT2D eigenvalue weighted by Gasteiger charge is 2.33. The fourth-order valence-corrected chi connectivity index (χ4v) is 6.41. The van der Waals surface area contributed by atoms with Gasteiger partial charge in [-0.15, -0.1) is 0 Å². The van der Waals surface area contributed by atoms with Crippen molar-refractivity contribution >= 4 is 34.6 Å². The van der Waals surface area contributed by atoms with Crippen LogP contribution in [0.1, 0.15) is 63.6 Å². The van der Waals surface area contributed by atoms with Gasteiger partial charge < -0.3 is 36.2 Å². The van der Waals surface area contributed by atoms with Crippen molar-refractivity contribution in [3.63, 3.8) is 0 Å². The van der Waals surface area contributed by atoms with E-state index in [1.807, 2.05) is 100 Å². The zero-order chi connectivity index (χ0) is 39.7. The van der Waals surface area contributed by atoms with Gasteiger partial charge in [-0.25, -0.2) is 4.79 Å². The van der Waals surface area contributed by atoms with E-state index >= 15 is 0 Å². The van der Waals surface area contributed by atoms with Gasteiger partial charge in [0.25, 0.3) is 0 Å². The maximum absolute atomic E-state index is 14.3. The van der Waals surface area contributed by atoms with Gasteiger partial charge in [-0.1, -0.05) is 113 Å². The Morgan fingerprint density at radius 2 is 1.35 bits per heavy atom. The highest BCUT2D eigenvalue weighted by molar-refractivity contribution is 5.93. The predicted molar refractivity (Wildman–Crippen MR) is 212 cm³/mol. The van der Waals surface area contributed by atoms with Crippen LogP contribution in [-0.4, -0.2) is 75.9 Å². The molecule has 7 atom stereocenters. The lowest BCUT2D eigenvalue weighted by Gasteiger charge is -2.31. The zero-order valence-corrected chi connectivity index (χ0v) is 32.1. The Balaban J connectivity index is 1.58. The van der Waals surface area contributed by atoms with Crippen LogP contribution in [-0.2, 0) is 38.6 Å². The van der Waals surface area contributed by atoms with E-state index in [-0.39, 0.29) is 44.3 Å². The van der Waals surface area contributed by atoms with Gasteiger partial charge in [0.1, 0.15) is 18.7 Å². The van der Waals surface area contributed by atoms with Crippen LogP contribution in [0.15, 0.2) is 97.3 Å². The third kappa shape index (κ3) is 12.9. The molecule has 4 rings (SSSR count). The maximum Gasteiger partial charge on any atom is 0.408 e. The first-order valence-electron chi connectivity index (χ1n) is 19.0. The highest BCUT2D eigenvalue weighted by atomic mass is 16.5. The lowest BCUT2D eigenvalue weighted by atomic mass is 9.91. The van der Waals surface area contributed by atoms with Gasteiger partial charge in [-0.05, 0) is 51.4 Å². The first-order chi connectivity index (χ1) is 26.5. The number of fused-ring (bicyclic) bond motifs is 1. The minimum absolute atomic E-state index is 0.00199. The van der Waals surface area contributed by atoms with Crippen molar-refractivity contribution < 1.29 is 34.1 Å². The molecule has 4 aromatic rings. The summed E-state index contributed by atoms with van der Waals surface area (Å²) >= 11 is 0. The Morgan fingerprint density at radius 1 is 0.709 bits per heavy atom. The Bertz CT molecular complexity index is 1820. The van der Waals surface area contributed by atoms with E-state index in [9.17, 15) is 29.4 Å². The van der Waals surface area contributed by atoms with Gasteiger partial charge in [0.2, 0.25) is 17.7 Å². The SMILES string of the molecule is CCC(C)[C@H](NC(=O)C(Cc1ccncc1)NC(=O)[C@H](Cc1cccc2ccccc12)NC(=O)OCc1ccccc1)[C@@H](O)CC(=O)N[C@H](CO)[C@@H](C)CC. The molecule has 0 spiro atoms. The number of hydrogen-bond donors (Lipinski definition) is 6. The maximum atomic E-state index is 14.3. The van der Waals surface area contributed by atoms with E-state index in [1.54, 1.807) is 24.5 Å². The second kappa shape index (κ2) is 21.5. The van der Waals surface area contributed by atoms with Crippen LogP contribution in [0.3, 0.4) is 0 Å². The minimum Gasteiger partial charge on any atom is -0.445 e. The van der Waals surface area contributed by atoms with Crippen molar-refractivity contribution in [1.29, 1.82) is 0 Å². The van der Waals surface area contributed by atoms with E-state index < -0.39 is 54.1 Å². The van der Waals surface area contributed by atoms with Gasteiger partial charge in [0.15, 0.2) is 0 Å². The first kappa shape index (κ1) is 42.4. The monoisotopic (exact) mass is 753 g/mol. The summed E-state index contributed by atoms with van der Waals surface area (Å²) in [7, 11) is 0. The number of alkyl carbamates (subject to hydrolysis) is 1. The summed E-state index contributed by atoms with van der Waals surface area (Å²) in [4.78, 5) is 58.7. The molecule has 3 aromatic carbocycles. The molecule has 0 saturated carbocycles. The molecule has 6 N–H and O–H groups in total. The molecule has 55 heavy (non-hydrogen) atoms. The van der Waals surface area contributed by atoms with Crippen molar-refractivity contribution in [1.82, 2.24) is 26.3 Å². The van der Waals surface area contributed by atoms with Crippen molar-refractivity contribution in [2.45, 2.75) is 96.7 Å². The molecule has 12 nitrogen and oxygen atoms in total. The summed E-state index contributed by atoms with van der Waals surface area (Å²) in [5, 5.41) is 34.4. The molecule has 0 aliphatic carbocycles. The number of nitrogens with one attached hydrogen (secondary N) is 4. The number of aromatic nitrogens is 1. The molecule has 0 bridgehead atoms. The molecule has 4 amide bonds. The third-order valence-electron chi connectivity index (χ3n) is 10.2. The minimum atomic E-state index is -1.26. The van der Waals surface area contributed by atoms with E-state index in [4.69, 9.17) is 4.74 Å². The molecule has 12 heteroatoms. The number of amides is 4. The number of rotatable bonds is 20. The summed E-state index contributed by atoms with van der Waals surface area (Å²) in [5.41, 5.74) is 2.31. The van der Waals surface area contributed by atoms with E-state index in [2.05, 4.69) is 26.3 Å². The zero-order valence-electron chi connectivity index (χ0n) is 32.1. The number of hydrogen-bond acceptors (Lipinski definition) is 8. The number of carbonyl (C=O) groups is 4. The Kier molecular flexibility index (Phi) is 16.6. The fraction of sp³-hybridized carbons (Fsp3) is 0.419. The average molecular weight is 754 g/mol. The Labute approximate surface area is 323 Å². The Hall–Kier alpha value is -5.33. The smallest absolute Gasteiger partial charge is 0.408 e. The average Bonchev–Trinajstić information content (AvgIpc) is 3.20. The summed E-state index contributed by atoms with van der Waals surface area (Å²) in [6.45, 7) is 7.43. The Morgan fingerprint density at radius 3 is 2.04 bits per heavy atom. The molecule has 0 aliphatic rings. The second-order valence-electron chi connectivity index (χ2n) is 14.2. The number of nitrogens with zero attached hydrogens (tertiary/aromatic N) is 1. The normalized spacial score (nSPS) is 15.0. The van der Waals surface area contributed by atoms with Gasteiger partial charge in [0, 0.05) is 25.2 Å². The van der Waals surface area contributed by atoms with Gasteiger partial charge >= 0.3 is 6.09 Å². The fourth-order valence-electron chi connectivity index (χ4n) is 6.41. The van der Waals surface area contributed by atoms with Crippen LogP contribution in [0, 0.1) is 11.8 Å². The number of ether oxygens (including phenoxy) is 1. The van der Waals surface area contributed by atoms with Crippen molar-refractivity contribution in [3.05, 3.63) is 114 Å². The van der Waals surface area contributed by atoms with Gasteiger partial charge in [0.05, 0.1) is 31.2 Å². The van der Waals surface area contributed by atoms with Gasteiger partial charge in [-0.2, -0.15) is 0 Å². The topological polar surface area (TPSA) is 179 Å². The van der Waals surface area contributed by atoms with E-state index in [0.717, 1.165) is 33.9 Å². The standard InChI is InChI=1S/C43H55N5O7/c1-5-28(3)37(26-49)45-39(51)25-38(50)40(29(4)6-2)48-42(53)35(23-30-19-21-44-22-20-30)46-41(52)36(47-43(54)55-27-31-13-8-7-9-14-31)24-33-17-12-16-32-15-10-11-18-34(32)33/h7-22,28-29,35-38,40,49-50H,5-6,23-27H2,1-4H3,(H,45,51)(H,46,52)(H,47,54)(H,48,53)/t28-,29?,35?,36-,37+,38-,40-/m0/s1. The number of aliphatic hydroxyl groups excluding tert-OH is 2. The van der Waals surface area contributed by atoms with Crippen LogP contribution < -0.4 is 21.3 Å². The van der Waals surface area contributed by atoms with Gasteiger partial charge in [-0.3, -0.25) is 19.4 Å². The number of benzene rings is 3. The second-order valence-corrected chi connectivity index (χ2v) is 14.2. The lowest BCUT2D eigenvalue weighted by molar-refractivity contribution is -0.131. The largest absolute Gasteiger partial charge is 0.445 e. The van der Waals surface area contributed by atoms with Crippen LogP contribution in [0.25, 0.3) is 10.8 Å². The molecule has 2 unspecified atom stereocenters. The van der Waals surface area contributed by atoms with E-state index in [1.165, 1.54) is 0 Å². The third-order valence-corrected chi connectivity index (χ3v) is 10.2. The van der Waals surface area contributed by atoms with Crippen LogP contribution in [0.5, 0.6) is 0 Å². The number of aliphatic hydroxyl groups is 2. The molecular formula is C43H55N5O7. The molecule has 294 valence electrons. The quantitative estimate of drug-likeness (QED) is 0.0758. The first-order valence-corrected chi connectivity index (χ1v) is 19.0. The predicted octanol–water partition coefficient (Wildman–Crippen LogP) is 4.60. The van der Waals surface area contributed by atoms with Crippen LogP contribution in [0.4, 0.5) is 4.79 Å². The van der Waals surface area contributed by atoms with Crippen molar-refractivity contribution in [2.24, 2.45) is 11.8 Å². The number of pyridine rings is 1. The van der Waals surface area contributed by atoms with E-state index in [0.29, 0.717) is 6.42 Å². The van der Waals surface area contributed by atoms with Crippen LogP contribution >= 0.6 is 0 Å². The molecule has 1 aromatic heterocycles. The molecule has 0 fully saturated rings. The molecular weight excluding hydrogens is 699 g/mol. The highest BCUT2D eigenvalue weighted by Crippen LogP contribution is 2.21. The molecule has 0 aliphatic heterocycles. The lowest BCUT2D eigenvalue weighted by Crippen LogP contribution is -2.58. The summed E-state index contributed by atoms with van der Waals surface area (Å²) < 4.78 is 5.49. The summed E-state index contributed by atoms with van der Waals surface area (Å²) in [6.07, 6.45) is 2.33. The van der Waals surface area contributed by atoms with Crippen molar-refractivity contribution in [3.8, 4) is 0 Å². The summed E-state index contributed by atoms with van der Waals surface area (Å²) in [6, 6.07) is 22.6. The molecule has 0 radical (unpaired) electrons. The molecule has 1 heterocycles. The summed E-state index contributed by atoms with van der Waals surface area (Å²) in [5.74, 6) is -1.85. The number of carbonyl (C=O) groups excluding carboxylic acids is 4. The van der Waals surface area contributed by atoms with Crippen molar-refractivity contribution in [2.75, 3.05) is 6.61 Å².